The van der Waals surface area contributed by atoms with Crippen molar-refractivity contribution < 1.29 is 23.7 Å². The van der Waals surface area contributed by atoms with E-state index in [1.165, 1.54) is 27.8 Å². The summed E-state index contributed by atoms with van der Waals surface area (Å²) in [4.78, 5) is 0. The van der Waals surface area contributed by atoms with E-state index >= 15 is 0 Å². The first-order valence-electron chi connectivity index (χ1n) is 15.4. The summed E-state index contributed by atoms with van der Waals surface area (Å²) >= 11 is 0. The van der Waals surface area contributed by atoms with Crippen molar-refractivity contribution in [1.82, 2.24) is 0 Å². The molecule has 1 heterocycles. The first-order chi connectivity index (χ1) is 21.8. The lowest BCUT2D eigenvalue weighted by Gasteiger charge is -2.38. The van der Waals surface area contributed by atoms with Crippen molar-refractivity contribution in [2.45, 2.75) is 38.2 Å². The molecule has 0 spiro atoms. The monoisotopic (exact) mass is 598 g/mol. The van der Waals surface area contributed by atoms with Gasteiger partial charge in [0.15, 0.2) is 17.1 Å². The Morgan fingerprint density at radius 2 is 1.24 bits per heavy atom. The summed E-state index contributed by atoms with van der Waals surface area (Å²) in [7, 11) is 6.72. The molecule has 228 valence electrons. The van der Waals surface area contributed by atoms with E-state index < -0.39 is 5.60 Å². The van der Waals surface area contributed by atoms with E-state index in [-0.39, 0.29) is 5.41 Å². The quantitative estimate of drug-likeness (QED) is 0.187. The minimum atomic E-state index is -0.912. The van der Waals surface area contributed by atoms with Crippen LogP contribution in [0.25, 0.3) is 28.0 Å². The topological polar surface area (TPSA) is 46.2 Å². The molecular formula is C40H38O5. The molecule has 0 unspecified atom stereocenters. The predicted octanol–water partition coefficient (Wildman–Crippen LogP) is 9.09. The van der Waals surface area contributed by atoms with Gasteiger partial charge < -0.3 is 23.7 Å². The van der Waals surface area contributed by atoms with Crippen LogP contribution in [0.15, 0.2) is 84.9 Å². The third-order valence-corrected chi connectivity index (χ3v) is 9.65. The van der Waals surface area contributed by atoms with Gasteiger partial charge >= 0.3 is 0 Å². The van der Waals surface area contributed by atoms with Crippen molar-refractivity contribution in [1.29, 1.82) is 0 Å². The normalized spacial score (nSPS) is 15.1. The molecule has 0 amide bonds. The van der Waals surface area contributed by atoms with Crippen LogP contribution in [0.1, 0.15) is 54.2 Å². The highest BCUT2D eigenvalue weighted by Crippen LogP contribution is 2.59. The van der Waals surface area contributed by atoms with Gasteiger partial charge in [-0.2, -0.15) is 0 Å². The van der Waals surface area contributed by atoms with Gasteiger partial charge in [-0.1, -0.05) is 69.3 Å². The van der Waals surface area contributed by atoms with Crippen LogP contribution in [-0.2, 0) is 17.4 Å². The largest absolute Gasteiger partial charge is 0.497 e. The van der Waals surface area contributed by atoms with Crippen LogP contribution in [0.2, 0.25) is 0 Å². The van der Waals surface area contributed by atoms with Crippen LogP contribution in [0.4, 0.5) is 0 Å². The van der Waals surface area contributed by atoms with Crippen molar-refractivity contribution in [3.05, 3.63) is 118 Å². The number of ether oxygens (including phenoxy) is 5. The lowest BCUT2D eigenvalue weighted by Crippen LogP contribution is -2.35. The lowest BCUT2D eigenvalue weighted by atomic mass is 9.76. The maximum atomic E-state index is 7.42. The molecule has 1 aliphatic carbocycles. The minimum absolute atomic E-state index is 0.255. The van der Waals surface area contributed by atoms with E-state index in [2.05, 4.69) is 87.5 Å². The summed E-state index contributed by atoms with van der Waals surface area (Å²) in [6.07, 6.45) is 5.44. The Bertz CT molecular complexity index is 1920. The molecule has 5 heteroatoms. The van der Waals surface area contributed by atoms with Crippen molar-refractivity contribution in [3.8, 4) is 39.9 Å². The Balaban J connectivity index is 1.56. The summed E-state index contributed by atoms with van der Waals surface area (Å²) in [5.74, 6) is 3.73. The molecule has 0 aromatic heterocycles. The van der Waals surface area contributed by atoms with Crippen LogP contribution in [-0.4, -0.2) is 28.4 Å². The van der Waals surface area contributed by atoms with Gasteiger partial charge in [-0.3, -0.25) is 0 Å². The van der Waals surface area contributed by atoms with Crippen molar-refractivity contribution in [2.24, 2.45) is 0 Å². The van der Waals surface area contributed by atoms with Gasteiger partial charge in [0.1, 0.15) is 17.2 Å². The number of methoxy groups -OCH3 is 4. The molecule has 2 aliphatic rings. The first kappa shape index (κ1) is 28.8. The number of aryl methyl sites for hydroxylation is 1. The number of benzene rings is 5. The van der Waals surface area contributed by atoms with Crippen LogP contribution < -0.4 is 23.7 Å². The van der Waals surface area contributed by atoms with E-state index in [0.29, 0.717) is 11.5 Å². The second-order valence-electron chi connectivity index (χ2n) is 12.2. The Labute approximate surface area is 265 Å². The van der Waals surface area contributed by atoms with Crippen LogP contribution in [0.5, 0.6) is 28.7 Å². The zero-order chi connectivity index (χ0) is 31.5. The van der Waals surface area contributed by atoms with E-state index in [9.17, 15) is 0 Å². The molecule has 0 N–H and O–H groups in total. The van der Waals surface area contributed by atoms with E-state index in [1.54, 1.807) is 28.4 Å². The maximum absolute atomic E-state index is 7.42. The number of rotatable bonds is 7. The molecule has 0 fully saturated rings. The number of fused-ring (bicyclic) bond motifs is 8. The molecule has 1 aliphatic heterocycles. The highest BCUT2D eigenvalue weighted by Gasteiger charge is 2.44. The number of hydrogen-bond donors (Lipinski definition) is 0. The third-order valence-electron chi connectivity index (χ3n) is 9.65. The summed E-state index contributed by atoms with van der Waals surface area (Å²) in [5.41, 5.74) is 8.29. The Morgan fingerprint density at radius 3 is 1.78 bits per heavy atom. The summed E-state index contributed by atoms with van der Waals surface area (Å²) in [6.45, 7) is 6.86. The smallest absolute Gasteiger partial charge is 0.178 e. The second-order valence-corrected chi connectivity index (χ2v) is 12.2. The molecule has 0 atom stereocenters. The first-order valence-corrected chi connectivity index (χ1v) is 15.4. The molecule has 5 nitrogen and oxygen atoms in total. The average molecular weight is 599 g/mol. The molecule has 5 aromatic rings. The van der Waals surface area contributed by atoms with Crippen molar-refractivity contribution in [2.75, 3.05) is 28.4 Å². The lowest BCUT2D eigenvalue weighted by molar-refractivity contribution is 0.163. The molecule has 7 rings (SSSR count). The maximum Gasteiger partial charge on any atom is 0.178 e. The average Bonchev–Trinajstić information content (AvgIpc) is 3.33. The van der Waals surface area contributed by atoms with Gasteiger partial charge in [0.05, 0.1) is 28.4 Å². The predicted molar refractivity (Wildman–Crippen MR) is 180 cm³/mol. The van der Waals surface area contributed by atoms with Gasteiger partial charge in [-0.05, 0) is 82.1 Å². The van der Waals surface area contributed by atoms with Crippen LogP contribution >= 0.6 is 0 Å². The fraction of sp³-hybridized carbons (Fsp3) is 0.250. The van der Waals surface area contributed by atoms with Crippen LogP contribution in [0.3, 0.4) is 0 Å². The van der Waals surface area contributed by atoms with Gasteiger partial charge in [0, 0.05) is 27.5 Å². The third kappa shape index (κ3) is 4.21. The fourth-order valence-corrected chi connectivity index (χ4v) is 7.23. The molecular weight excluding hydrogens is 560 g/mol. The molecule has 45 heavy (non-hydrogen) atoms. The van der Waals surface area contributed by atoms with Crippen LogP contribution in [0, 0.1) is 0 Å². The molecule has 0 saturated heterocycles. The zero-order valence-corrected chi connectivity index (χ0v) is 26.9. The van der Waals surface area contributed by atoms with Gasteiger partial charge in [0.25, 0.3) is 0 Å². The second kappa shape index (κ2) is 10.6. The van der Waals surface area contributed by atoms with E-state index in [1.807, 2.05) is 24.3 Å². The molecule has 0 bridgehead atoms. The molecule has 0 saturated carbocycles. The number of hydrogen-bond acceptors (Lipinski definition) is 5. The van der Waals surface area contributed by atoms with Gasteiger partial charge in [-0.15, -0.1) is 0 Å². The standard InChI is InChI=1S/C40H38O5/c1-8-24-9-18-29-33(21-24)39(2,3)37-30-19-20-40(25-10-14-27(41-4)15-11-25,26-12-16-28(42-5)17-13-26)45-38(30)32-23-35(44-7)34(43-6)22-31(32)36(29)37/h9-23H,8H2,1-7H3. The summed E-state index contributed by atoms with van der Waals surface area (Å²) in [6, 6.07) is 27.3. The summed E-state index contributed by atoms with van der Waals surface area (Å²) in [5, 5.41) is 2.05. The highest BCUT2D eigenvalue weighted by molar-refractivity contribution is 6.09. The Hall–Kier alpha value is -4.90. The van der Waals surface area contributed by atoms with Crippen molar-refractivity contribution >= 4 is 16.8 Å². The van der Waals surface area contributed by atoms with E-state index in [4.69, 9.17) is 23.7 Å². The van der Waals surface area contributed by atoms with E-state index in [0.717, 1.165) is 51.1 Å². The van der Waals surface area contributed by atoms with Gasteiger partial charge in [0.2, 0.25) is 0 Å². The fourth-order valence-electron chi connectivity index (χ4n) is 7.23. The molecule has 5 aromatic carbocycles. The Kier molecular flexibility index (Phi) is 6.81. The molecule has 0 radical (unpaired) electrons. The highest BCUT2D eigenvalue weighted by atomic mass is 16.5. The minimum Gasteiger partial charge on any atom is -0.497 e. The SMILES string of the molecule is CCc1ccc2c(c1)C(C)(C)c1c3c(c4cc(OC)c(OC)cc4c1-2)OC(c1ccc(OC)cc1)(c1ccc(OC)cc1)C=C3. The van der Waals surface area contributed by atoms with Gasteiger partial charge in [-0.25, -0.2) is 0 Å². The summed E-state index contributed by atoms with van der Waals surface area (Å²) < 4.78 is 30.1. The Morgan fingerprint density at radius 1 is 0.667 bits per heavy atom. The van der Waals surface area contributed by atoms with Crippen molar-refractivity contribution in [3.63, 3.8) is 0 Å². The zero-order valence-electron chi connectivity index (χ0n) is 26.9.